The molecule has 1 aromatic rings. The van der Waals surface area contributed by atoms with Crippen LogP contribution in [0.15, 0.2) is 24.3 Å². The molecule has 7 nitrogen and oxygen atoms in total. The van der Waals surface area contributed by atoms with Crippen molar-refractivity contribution in [3.05, 3.63) is 29.8 Å². The standard InChI is InChI=1S/C17H23N3O4/c1-19(2)14-7-5-13(6-8-14)10-18-15(21)12-24-17(23)11-20-9-3-4-16(20)22/h5-8H,3-4,9-12H2,1-2H3,(H,18,21). The first-order valence-corrected chi connectivity index (χ1v) is 7.92. The lowest BCUT2D eigenvalue weighted by atomic mass is 10.2. The zero-order valence-corrected chi connectivity index (χ0v) is 14.1. The minimum Gasteiger partial charge on any atom is -0.454 e. The number of benzene rings is 1. The maximum absolute atomic E-state index is 11.7. The predicted octanol–water partition coefficient (Wildman–Crippen LogP) is 0.534. The molecule has 0 aliphatic carbocycles. The topological polar surface area (TPSA) is 79.0 Å². The number of nitrogens with zero attached hydrogens (tertiary/aromatic N) is 2. The molecule has 0 spiro atoms. The summed E-state index contributed by atoms with van der Waals surface area (Å²) in [6.45, 7) is 0.520. The van der Waals surface area contributed by atoms with E-state index in [2.05, 4.69) is 5.32 Å². The molecule has 1 N–H and O–H groups in total. The fourth-order valence-electron chi connectivity index (χ4n) is 2.38. The lowest BCUT2D eigenvalue weighted by molar-refractivity contribution is -0.151. The van der Waals surface area contributed by atoms with Crippen molar-refractivity contribution in [1.29, 1.82) is 0 Å². The van der Waals surface area contributed by atoms with Crippen molar-refractivity contribution in [2.24, 2.45) is 0 Å². The van der Waals surface area contributed by atoms with Crippen molar-refractivity contribution >= 4 is 23.5 Å². The molecular weight excluding hydrogens is 310 g/mol. The Bertz CT molecular complexity index is 598. The Balaban J connectivity index is 1.67. The molecule has 0 atom stereocenters. The number of hydrogen-bond donors (Lipinski definition) is 1. The average molecular weight is 333 g/mol. The summed E-state index contributed by atoms with van der Waals surface area (Å²) in [5, 5.41) is 2.70. The Morgan fingerprint density at radius 3 is 2.54 bits per heavy atom. The van der Waals surface area contributed by atoms with Gasteiger partial charge in [0.2, 0.25) is 5.91 Å². The van der Waals surface area contributed by atoms with Crippen molar-refractivity contribution in [2.75, 3.05) is 38.7 Å². The fraction of sp³-hybridized carbons (Fsp3) is 0.471. The molecule has 0 saturated carbocycles. The molecule has 7 heteroatoms. The maximum atomic E-state index is 11.7. The van der Waals surface area contributed by atoms with Gasteiger partial charge in [-0.3, -0.25) is 14.4 Å². The van der Waals surface area contributed by atoms with Crippen LogP contribution in [-0.4, -0.2) is 56.5 Å². The quantitative estimate of drug-likeness (QED) is 0.737. The maximum Gasteiger partial charge on any atom is 0.326 e. The second kappa shape index (κ2) is 8.33. The summed E-state index contributed by atoms with van der Waals surface area (Å²) < 4.78 is 4.90. The molecule has 2 amide bonds. The molecular formula is C17H23N3O4. The Kier molecular flexibility index (Phi) is 6.17. The first-order chi connectivity index (χ1) is 11.5. The summed E-state index contributed by atoms with van der Waals surface area (Å²) in [7, 11) is 3.92. The SMILES string of the molecule is CN(C)c1ccc(CNC(=O)COC(=O)CN2CCCC2=O)cc1. The van der Waals surface area contributed by atoms with Crippen molar-refractivity contribution in [3.63, 3.8) is 0 Å². The number of rotatable bonds is 7. The summed E-state index contributed by atoms with van der Waals surface area (Å²) in [5.74, 6) is -0.971. The molecule has 24 heavy (non-hydrogen) atoms. The van der Waals surface area contributed by atoms with E-state index in [0.29, 0.717) is 19.5 Å². The number of amides is 2. The number of esters is 1. The summed E-state index contributed by atoms with van der Waals surface area (Å²) in [6, 6.07) is 7.80. The van der Waals surface area contributed by atoms with Crippen molar-refractivity contribution in [1.82, 2.24) is 10.2 Å². The van der Waals surface area contributed by atoms with Gasteiger partial charge in [0.15, 0.2) is 6.61 Å². The Morgan fingerprint density at radius 2 is 1.96 bits per heavy atom. The first-order valence-electron chi connectivity index (χ1n) is 7.92. The molecule has 0 aromatic heterocycles. The molecule has 130 valence electrons. The number of likely N-dealkylation sites (tertiary alicyclic amines) is 1. The van der Waals surface area contributed by atoms with Gasteiger partial charge in [0.25, 0.3) is 5.91 Å². The van der Waals surface area contributed by atoms with Gasteiger partial charge in [-0.2, -0.15) is 0 Å². The summed E-state index contributed by atoms with van der Waals surface area (Å²) in [4.78, 5) is 38.2. The van der Waals surface area contributed by atoms with Gasteiger partial charge in [-0.15, -0.1) is 0 Å². The van der Waals surface area contributed by atoms with Gasteiger partial charge in [0, 0.05) is 39.3 Å². The van der Waals surface area contributed by atoms with E-state index in [-0.39, 0.29) is 25.0 Å². The third-order valence-corrected chi connectivity index (χ3v) is 3.80. The Morgan fingerprint density at radius 1 is 1.25 bits per heavy atom. The number of carbonyl (C=O) groups is 3. The molecule has 1 aliphatic rings. The highest BCUT2D eigenvalue weighted by Gasteiger charge is 2.23. The van der Waals surface area contributed by atoms with E-state index in [1.54, 1.807) is 0 Å². The molecule has 0 bridgehead atoms. The number of ether oxygens (including phenoxy) is 1. The summed E-state index contributed by atoms with van der Waals surface area (Å²) >= 11 is 0. The third-order valence-electron chi connectivity index (χ3n) is 3.80. The van der Waals surface area contributed by atoms with Crippen LogP contribution in [0, 0.1) is 0 Å². The van der Waals surface area contributed by atoms with E-state index in [1.807, 2.05) is 43.3 Å². The van der Waals surface area contributed by atoms with Gasteiger partial charge in [0.05, 0.1) is 0 Å². The molecule has 1 saturated heterocycles. The van der Waals surface area contributed by atoms with Crippen LogP contribution in [0.3, 0.4) is 0 Å². The van der Waals surface area contributed by atoms with Gasteiger partial charge in [0.1, 0.15) is 6.54 Å². The van der Waals surface area contributed by atoms with Gasteiger partial charge in [-0.1, -0.05) is 12.1 Å². The highest BCUT2D eigenvalue weighted by Crippen LogP contribution is 2.12. The van der Waals surface area contributed by atoms with E-state index in [0.717, 1.165) is 17.7 Å². The molecule has 1 heterocycles. The highest BCUT2D eigenvalue weighted by molar-refractivity contribution is 5.85. The predicted molar refractivity (Wildman–Crippen MR) is 89.4 cm³/mol. The highest BCUT2D eigenvalue weighted by atomic mass is 16.5. The minimum absolute atomic E-state index is 0.0439. The number of carbonyl (C=O) groups excluding carboxylic acids is 3. The van der Waals surface area contributed by atoms with Crippen LogP contribution in [0.1, 0.15) is 18.4 Å². The van der Waals surface area contributed by atoms with Crippen LogP contribution in [-0.2, 0) is 25.7 Å². The second-order valence-corrected chi connectivity index (χ2v) is 5.92. The lowest BCUT2D eigenvalue weighted by Crippen LogP contribution is -2.34. The lowest BCUT2D eigenvalue weighted by Gasteiger charge is -2.14. The van der Waals surface area contributed by atoms with Crippen molar-refractivity contribution in [2.45, 2.75) is 19.4 Å². The minimum atomic E-state index is -0.560. The monoisotopic (exact) mass is 333 g/mol. The normalized spacial score (nSPS) is 13.8. The van der Waals surface area contributed by atoms with Gasteiger partial charge in [-0.05, 0) is 24.1 Å². The molecule has 1 fully saturated rings. The first kappa shape index (κ1) is 17.8. The molecule has 2 rings (SSSR count). The third kappa shape index (κ3) is 5.26. The van der Waals surface area contributed by atoms with E-state index in [4.69, 9.17) is 4.74 Å². The number of nitrogens with one attached hydrogen (secondary N) is 1. The van der Waals surface area contributed by atoms with Crippen LogP contribution in [0.5, 0.6) is 0 Å². The van der Waals surface area contributed by atoms with E-state index >= 15 is 0 Å². The zero-order valence-electron chi connectivity index (χ0n) is 14.1. The molecule has 1 aliphatic heterocycles. The Hall–Kier alpha value is -2.57. The van der Waals surface area contributed by atoms with E-state index in [1.165, 1.54) is 4.90 Å². The number of hydrogen-bond acceptors (Lipinski definition) is 5. The number of anilines is 1. The van der Waals surface area contributed by atoms with Crippen molar-refractivity contribution < 1.29 is 19.1 Å². The van der Waals surface area contributed by atoms with Crippen LogP contribution in [0.4, 0.5) is 5.69 Å². The van der Waals surface area contributed by atoms with Crippen LogP contribution < -0.4 is 10.2 Å². The zero-order chi connectivity index (χ0) is 17.5. The van der Waals surface area contributed by atoms with Crippen LogP contribution in [0.25, 0.3) is 0 Å². The average Bonchev–Trinajstić information content (AvgIpc) is 2.96. The molecule has 0 radical (unpaired) electrons. The summed E-state index contributed by atoms with van der Waals surface area (Å²) in [6.07, 6.45) is 1.24. The van der Waals surface area contributed by atoms with Crippen molar-refractivity contribution in [3.8, 4) is 0 Å². The van der Waals surface area contributed by atoms with Gasteiger partial charge < -0.3 is 19.9 Å². The van der Waals surface area contributed by atoms with Gasteiger partial charge in [-0.25, -0.2) is 0 Å². The Labute approximate surface area is 141 Å². The van der Waals surface area contributed by atoms with Crippen LogP contribution in [0.2, 0.25) is 0 Å². The van der Waals surface area contributed by atoms with E-state index < -0.39 is 5.97 Å². The van der Waals surface area contributed by atoms with Crippen LogP contribution >= 0.6 is 0 Å². The smallest absolute Gasteiger partial charge is 0.326 e. The molecule has 1 aromatic carbocycles. The largest absolute Gasteiger partial charge is 0.454 e. The summed E-state index contributed by atoms with van der Waals surface area (Å²) in [5.41, 5.74) is 2.04. The molecule has 0 unspecified atom stereocenters. The van der Waals surface area contributed by atoms with E-state index in [9.17, 15) is 14.4 Å². The second-order valence-electron chi connectivity index (χ2n) is 5.92. The fourth-order valence-corrected chi connectivity index (χ4v) is 2.38. The van der Waals surface area contributed by atoms with Gasteiger partial charge >= 0.3 is 5.97 Å².